The first kappa shape index (κ1) is 14.6. The number of benzene rings is 2. The van der Waals surface area contributed by atoms with Gasteiger partial charge in [0.25, 0.3) is 0 Å². The van der Waals surface area contributed by atoms with Crippen molar-refractivity contribution in [1.29, 1.82) is 10.7 Å². The number of allylic oxidation sites excluding steroid dienone is 1. The maximum absolute atomic E-state index is 9.49. The molecule has 0 aliphatic carbocycles. The number of fused-ring (bicyclic) bond motifs is 1. The molecule has 0 aromatic heterocycles. The maximum atomic E-state index is 9.49. The maximum Gasteiger partial charge on any atom is 0.100 e. The second-order valence-electron chi connectivity index (χ2n) is 4.06. The van der Waals surface area contributed by atoms with Gasteiger partial charge in [-0.25, -0.2) is 0 Å². The van der Waals surface area contributed by atoms with Crippen LogP contribution in [-0.2, 0) is 0 Å². The number of rotatable bonds is 3. The molecule has 0 saturated heterocycles. The second kappa shape index (κ2) is 6.08. The summed E-state index contributed by atoms with van der Waals surface area (Å²) in [6.07, 6.45) is 1.18. The summed E-state index contributed by atoms with van der Waals surface area (Å²) < 4.78 is 0.558. The summed E-state index contributed by atoms with van der Waals surface area (Å²) in [5.41, 5.74) is 1.87. The first-order chi connectivity index (χ1) is 9.63. The van der Waals surface area contributed by atoms with Crippen LogP contribution in [0.2, 0.25) is 5.02 Å². The van der Waals surface area contributed by atoms with Crippen LogP contribution in [0, 0.1) is 16.7 Å². The van der Waals surface area contributed by atoms with Crippen molar-refractivity contribution in [3.05, 3.63) is 51.0 Å². The smallest absolute Gasteiger partial charge is 0.100 e. The van der Waals surface area contributed by atoms with Crippen LogP contribution in [0.25, 0.3) is 16.5 Å². The fourth-order valence-corrected chi connectivity index (χ4v) is 2.79. The van der Waals surface area contributed by atoms with Crippen molar-refractivity contribution in [2.45, 2.75) is 0 Å². The second-order valence-corrected chi connectivity index (χ2v) is 5.32. The molecule has 5 heteroatoms. The molecule has 0 radical (unpaired) electrons. The zero-order chi connectivity index (χ0) is 14.7. The Kier molecular flexibility index (Phi) is 4.43. The lowest BCUT2D eigenvalue weighted by Crippen LogP contribution is -2.09. The molecule has 0 bridgehead atoms. The van der Waals surface area contributed by atoms with Gasteiger partial charge in [-0.1, -0.05) is 35.9 Å². The zero-order valence-electron chi connectivity index (χ0n) is 10.7. The van der Waals surface area contributed by atoms with E-state index in [1.165, 1.54) is 6.21 Å². The average Bonchev–Trinajstić information content (AvgIpc) is 2.48. The van der Waals surface area contributed by atoms with Gasteiger partial charge in [0.05, 0.1) is 15.7 Å². The predicted octanol–water partition coefficient (Wildman–Crippen LogP) is 4.30. The van der Waals surface area contributed by atoms with Gasteiger partial charge in [0, 0.05) is 34.6 Å². The van der Waals surface area contributed by atoms with Crippen molar-refractivity contribution in [2.24, 2.45) is 0 Å². The lowest BCUT2D eigenvalue weighted by atomic mass is 9.97. The Morgan fingerprint density at radius 1 is 1.40 bits per heavy atom. The highest BCUT2D eigenvalue weighted by molar-refractivity contribution is 9.12. The minimum absolute atomic E-state index is 0.535. The number of nitrogens with one attached hydrogen (secondary N) is 2. The monoisotopic (exact) mass is 347 g/mol. The molecule has 0 unspecified atom stereocenters. The van der Waals surface area contributed by atoms with E-state index >= 15 is 0 Å². The van der Waals surface area contributed by atoms with Crippen LogP contribution in [0.3, 0.4) is 0 Å². The molecule has 0 aliphatic heterocycles. The predicted molar refractivity (Wildman–Crippen MR) is 87.4 cm³/mol. The fourth-order valence-electron chi connectivity index (χ4n) is 2.10. The van der Waals surface area contributed by atoms with E-state index in [-0.39, 0.29) is 0 Å². The molecule has 0 atom stereocenters. The number of hydrogen-bond acceptors (Lipinski definition) is 3. The molecule has 2 N–H and O–H groups in total. The largest absolute Gasteiger partial charge is 0.387 e. The van der Waals surface area contributed by atoms with Gasteiger partial charge in [0.15, 0.2) is 0 Å². The van der Waals surface area contributed by atoms with Crippen molar-refractivity contribution in [3.63, 3.8) is 0 Å². The summed E-state index contributed by atoms with van der Waals surface area (Å²) in [4.78, 5) is 0. The molecule has 0 heterocycles. The van der Waals surface area contributed by atoms with Gasteiger partial charge in [-0.15, -0.1) is 0 Å². The van der Waals surface area contributed by atoms with Gasteiger partial charge in [-0.05, 0) is 22.0 Å². The molecule has 0 saturated carbocycles. The van der Waals surface area contributed by atoms with Gasteiger partial charge in [-0.2, -0.15) is 5.26 Å². The minimum atomic E-state index is 0.535. The van der Waals surface area contributed by atoms with E-state index in [0.717, 1.165) is 10.8 Å². The Bertz CT molecular complexity index is 760. The number of hydrogen-bond donors (Lipinski definition) is 2. The third-order valence-electron chi connectivity index (χ3n) is 2.99. The van der Waals surface area contributed by atoms with E-state index in [2.05, 4.69) is 27.3 Å². The highest BCUT2D eigenvalue weighted by Gasteiger charge is 2.15. The van der Waals surface area contributed by atoms with E-state index in [1.54, 1.807) is 13.1 Å². The third-order valence-corrected chi connectivity index (χ3v) is 3.93. The highest BCUT2D eigenvalue weighted by atomic mass is 79.9. The Labute approximate surface area is 130 Å². The van der Waals surface area contributed by atoms with Crippen molar-refractivity contribution in [1.82, 2.24) is 5.32 Å². The molecule has 3 nitrogen and oxygen atoms in total. The summed E-state index contributed by atoms with van der Waals surface area (Å²) >= 11 is 9.62. The molecule has 100 valence electrons. The van der Waals surface area contributed by atoms with Gasteiger partial charge in [0.2, 0.25) is 0 Å². The minimum Gasteiger partial charge on any atom is -0.387 e. The molecule has 2 aromatic rings. The summed E-state index contributed by atoms with van der Waals surface area (Å²) in [7, 11) is 1.74. The van der Waals surface area contributed by atoms with Crippen LogP contribution < -0.4 is 5.32 Å². The van der Waals surface area contributed by atoms with Gasteiger partial charge < -0.3 is 10.7 Å². The quantitative estimate of drug-likeness (QED) is 0.813. The topological polar surface area (TPSA) is 59.7 Å². The first-order valence-corrected chi connectivity index (χ1v) is 7.00. The van der Waals surface area contributed by atoms with Crippen LogP contribution >= 0.6 is 27.5 Å². The van der Waals surface area contributed by atoms with Gasteiger partial charge in [-0.3, -0.25) is 0 Å². The van der Waals surface area contributed by atoms with Crippen LogP contribution in [0.1, 0.15) is 11.1 Å². The molecule has 2 aromatic carbocycles. The Morgan fingerprint density at radius 3 is 2.60 bits per heavy atom. The summed E-state index contributed by atoms with van der Waals surface area (Å²) in [6, 6.07) is 11.5. The van der Waals surface area contributed by atoms with Gasteiger partial charge >= 0.3 is 0 Å². The van der Waals surface area contributed by atoms with Crippen LogP contribution in [-0.4, -0.2) is 13.3 Å². The molecule has 0 aliphatic rings. The highest BCUT2D eigenvalue weighted by Crippen LogP contribution is 2.33. The zero-order valence-corrected chi connectivity index (χ0v) is 13.0. The Hall–Kier alpha value is -1.83. The Balaban J connectivity index is 2.92. The van der Waals surface area contributed by atoms with Crippen LogP contribution in [0.5, 0.6) is 0 Å². The van der Waals surface area contributed by atoms with Crippen molar-refractivity contribution >= 4 is 50.2 Å². The van der Waals surface area contributed by atoms with E-state index in [0.29, 0.717) is 26.3 Å². The molecule has 0 fully saturated rings. The molecular weight excluding hydrogens is 338 g/mol. The molecule has 0 amide bonds. The summed E-state index contributed by atoms with van der Waals surface area (Å²) in [5.74, 6) is 0. The first-order valence-electron chi connectivity index (χ1n) is 5.83. The van der Waals surface area contributed by atoms with Gasteiger partial charge in [0.1, 0.15) is 6.07 Å². The SMILES string of the molecule is CN/C(=C(/Br)C=N)c1cc(Cl)c2ccccc2c1C#N. The Morgan fingerprint density at radius 2 is 2.05 bits per heavy atom. The van der Waals surface area contributed by atoms with E-state index in [4.69, 9.17) is 17.0 Å². The molecule has 2 rings (SSSR count). The average molecular weight is 349 g/mol. The normalized spacial score (nSPS) is 11.7. The van der Waals surface area contributed by atoms with E-state index in [1.807, 2.05) is 24.3 Å². The number of nitriles is 1. The fraction of sp³-hybridized carbons (Fsp3) is 0.0667. The van der Waals surface area contributed by atoms with Crippen LogP contribution in [0.15, 0.2) is 34.8 Å². The number of halogens is 2. The van der Waals surface area contributed by atoms with E-state index < -0.39 is 0 Å². The molecule has 20 heavy (non-hydrogen) atoms. The van der Waals surface area contributed by atoms with E-state index in [9.17, 15) is 5.26 Å². The summed E-state index contributed by atoms with van der Waals surface area (Å²) in [6.45, 7) is 0. The molecular formula is C15H11BrClN3. The summed E-state index contributed by atoms with van der Waals surface area (Å²) in [5, 5.41) is 22.1. The van der Waals surface area contributed by atoms with Crippen LogP contribution in [0.4, 0.5) is 0 Å². The third kappa shape index (κ3) is 2.43. The standard InChI is InChI=1S/C15H11BrClN3/c1-20-15(13(16)8-19)11-6-14(17)10-5-3-2-4-9(10)12(11)7-18/h2-6,8,19-20H,1H3/b15-13+,19-8?. The number of nitrogens with zero attached hydrogens (tertiary/aromatic N) is 1. The molecule has 0 spiro atoms. The van der Waals surface area contributed by atoms with Crippen molar-refractivity contribution < 1.29 is 0 Å². The van der Waals surface area contributed by atoms with Crippen molar-refractivity contribution in [3.8, 4) is 6.07 Å². The lowest BCUT2D eigenvalue weighted by Gasteiger charge is -2.13. The van der Waals surface area contributed by atoms with Crippen molar-refractivity contribution in [2.75, 3.05) is 7.05 Å². The lowest BCUT2D eigenvalue weighted by molar-refractivity contribution is 1.13.